The molecule has 0 atom stereocenters. The average molecular weight is 409 g/mol. The molecule has 1 aliphatic heterocycles. The van der Waals surface area contributed by atoms with Crippen LogP contribution in [-0.2, 0) is 37.9 Å². The molecule has 0 saturated heterocycles. The minimum Gasteiger partial charge on any atom is -0.338 e. The molecule has 0 aromatic carbocycles. The predicted molar refractivity (Wildman–Crippen MR) is 110 cm³/mol. The molecule has 1 aliphatic carbocycles. The van der Waals surface area contributed by atoms with Crippen LogP contribution < -0.4 is 0 Å². The average Bonchev–Trinajstić information content (AvgIpc) is 3.18. The molecule has 0 bridgehead atoms. The molecule has 0 N–H and O–H groups in total. The molecule has 0 radical (unpaired) electrons. The number of carbonyl (C=O) groups is 1. The van der Waals surface area contributed by atoms with E-state index in [1.54, 1.807) is 6.33 Å². The minimum absolute atomic E-state index is 0.155. The van der Waals surface area contributed by atoms with Gasteiger partial charge in [0.25, 0.3) is 0 Å². The summed E-state index contributed by atoms with van der Waals surface area (Å²) in [7, 11) is 1.98. The molecule has 1 amide bonds. The number of aryl methyl sites for hydroxylation is 4. The van der Waals surface area contributed by atoms with E-state index in [0.29, 0.717) is 19.5 Å². The van der Waals surface area contributed by atoms with Gasteiger partial charge >= 0.3 is 0 Å². The highest BCUT2D eigenvalue weighted by Gasteiger charge is 2.30. The van der Waals surface area contributed by atoms with E-state index in [-0.39, 0.29) is 5.91 Å². The van der Waals surface area contributed by atoms with Gasteiger partial charge in [0, 0.05) is 63.0 Å². The molecule has 3 aromatic heterocycles. The standard InChI is InChI=1S/C21H28N8O/c1-14-10-15(2)29(24-14)9-7-19(30)27-8-6-18-17(12-27)20(25-26(18)3)21-23-22-13-28(21)11-16-4-5-16/h10,13,16H,4-9,11-12H2,1-3H3. The number of hydrogen-bond acceptors (Lipinski definition) is 5. The van der Waals surface area contributed by atoms with Gasteiger partial charge in [0.2, 0.25) is 5.91 Å². The zero-order chi connectivity index (χ0) is 20.8. The smallest absolute Gasteiger partial charge is 0.224 e. The molecule has 30 heavy (non-hydrogen) atoms. The van der Waals surface area contributed by atoms with Crippen molar-refractivity contribution in [1.29, 1.82) is 0 Å². The maximum Gasteiger partial charge on any atom is 0.224 e. The number of aromatic nitrogens is 7. The van der Waals surface area contributed by atoms with Gasteiger partial charge in [-0.2, -0.15) is 10.2 Å². The van der Waals surface area contributed by atoms with Crippen molar-refractivity contribution in [1.82, 2.24) is 39.2 Å². The topological polar surface area (TPSA) is 86.7 Å². The van der Waals surface area contributed by atoms with Crippen molar-refractivity contribution in [2.75, 3.05) is 6.54 Å². The lowest BCUT2D eigenvalue weighted by Crippen LogP contribution is -2.36. The Bertz CT molecular complexity index is 1090. The summed E-state index contributed by atoms with van der Waals surface area (Å²) in [6.45, 7) is 6.85. The van der Waals surface area contributed by atoms with Crippen LogP contribution in [0.1, 0.15) is 41.9 Å². The Morgan fingerprint density at radius 1 is 1.23 bits per heavy atom. The molecule has 5 rings (SSSR count). The molecule has 9 nitrogen and oxygen atoms in total. The molecule has 3 aromatic rings. The van der Waals surface area contributed by atoms with Crippen molar-refractivity contribution < 1.29 is 4.79 Å². The zero-order valence-electron chi connectivity index (χ0n) is 17.9. The molecule has 158 valence electrons. The number of amides is 1. The molecular weight excluding hydrogens is 380 g/mol. The van der Waals surface area contributed by atoms with Crippen LogP contribution in [-0.4, -0.2) is 51.7 Å². The van der Waals surface area contributed by atoms with Gasteiger partial charge in [0.1, 0.15) is 12.0 Å². The molecule has 1 fully saturated rings. The van der Waals surface area contributed by atoms with Crippen LogP contribution in [0, 0.1) is 19.8 Å². The Morgan fingerprint density at radius 2 is 2.07 bits per heavy atom. The second-order valence-electron chi connectivity index (χ2n) is 8.61. The van der Waals surface area contributed by atoms with Crippen molar-refractivity contribution in [2.45, 2.75) is 59.2 Å². The molecule has 0 unspecified atom stereocenters. The van der Waals surface area contributed by atoms with Crippen LogP contribution in [0.4, 0.5) is 0 Å². The van der Waals surface area contributed by atoms with Gasteiger partial charge in [0.15, 0.2) is 5.82 Å². The Labute approximate surface area is 175 Å². The molecule has 1 saturated carbocycles. The molecule has 4 heterocycles. The van der Waals surface area contributed by atoms with E-state index in [1.807, 2.05) is 41.2 Å². The SMILES string of the molecule is Cc1cc(C)n(CCC(=O)N2CCc3c(c(-c4nncn4CC4CC4)nn3C)C2)n1. The van der Waals surface area contributed by atoms with Crippen molar-refractivity contribution in [3.05, 3.63) is 35.0 Å². The van der Waals surface area contributed by atoms with Gasteiger partial charge in [-0.15, -0.1) is 10.2 Å². The maximum atomic E-state index is 12.9. The summed E-state index contributed by atoms with van der Waals surface area (Å²) < 4.78 is 5.97. The first kappa shape index (κ1) is 19.0. The molecule has 9 heteroatoms. The summed E-state index contributed by atoms with van der Waals surface area (Å²) >= 11 is 0. The summed E-state index contributed by atoms with van der Waals surface area (Å²) in [6.07, 6.45) is 5.60. The van der Waals surface area contributed by atoms with E-state index in [4.69, 9.17) is 5.10 Å². The van der Waals surface area contributed by atoms with Crippen molar-refractivity contribution in [3.8, 4) is 11.5 Å². The predicted octanol–water partition coefficient (Wildman–Crippen LogP) is 1.88. The van der Waals surface area contributed by atoms with Crippen molar-refractivity contribution in [2.24, 2.45) is 13.0 Å². The largest absolute Gasteiger partial charge is 0.338 e. The van der Waals surface area contributed by atoms with Gasteiger partial charge in [-0.05, 0) is 38.7 Å². The highest BCUT2D eigenvalue weighted by Crippen LogP contribution is 2.33. The summed E-state index contributed by atoms with van der Waals surface area (Å²) in [5.74, 6) is 1.70. The van der Waals surface area contributed by atoms with E-state index in [2.05, 4.69) is 19.9 Å². The second kappa shape index (κ2) is 7.37. The van der Waals surface area contributed by atoms with Gasteiger partial charge in [0.05, 0.1) is 5.69 Å². The summed E-state index contributed by atoms with van der Waals surface area (Å²) in [5, 5.41) is 17.7. The lowest BCUT2D eigenvalue weighted by molar-refractivity contribution is -0.132. The van der Waals surface area contributed by atoms with Crippen LogP contribution in [0.25, 0.3) is 11.5 Å². The molecule has 2 aliphatic rings. The third-order valence-electron chi connectivity index (χ3n) is 6.22. The number of rotatable bonds is 6. The van der Waals surface area contributed by atoms with Crippen LogP contribution in [0.2, 0.25) is 0 Å². The van der Waals surface area contributed by atoms with E-state index in [0.717, 1.165) is 53.9 Å². The number of fused-ring (bicyclic) bond motifs is 1. The van der Waals surface area contributed by atoms with E-state index in [9.17, 15) is 4.79 Å². The number of hydrogen-bond donors (Lipinski definition) is 0. The maximum absolute atomic E-state index is 12.9. The summed E-state index contributed by atoms with van der Waals surface area (Å²) in [6, 6.07) is 2.04. The van der Waals surface area contributed by atoms with Crippen LogP contribution in [0.5, 0.6) is 0 Å². The third-order valence-corrected chi connectivity index (χ3v) is 6.22. The fourth-order valence-electron chi connectivity index (χ4n) is 4.40. The molecular formula is C21H28N8O. The Hall–Kier alpha value is -2.97. The fraction of sp³-hybridized carbons (Fsp3) is 0.571. The van der Waals surface area contributed by atoms with Gasteiger partial charge in [-0.25, -0.2) is 0 Å². The van der Waals surface area contributed by atoms with Gasteiger partial charge < -0.3 is 9.47 Å². The molecule has 0 spiro atoms. The number of carbonyl (C=O) groups excluding carboxylic acids is 1. The zero-order valence-corrected chi connectivity index (χ0v) is 17.9. The monoisotopic (exact) mass is 408 g/mol. The lowest BCUT2D eigenvalue weighted by atomic mass is 10.0. The Balaban J connectivity index is 1.34. The first-order valence-corrected chi connectivity index (χ1v) is 10.7. The van der Waals surface area contributed by atoms with Crippen molar-refractivity contribution >= 4 is 5.91 Å². The number of nitrogens with zero attached hydrogens (tertiary/aromatic N) is 8. The van der Waals surface area contributed by atoms with E-state index < -0.39 is 0 Å². The van der Waals surface area contributed by atoms with E-state index >= 15 is 0 Å². The van der Waals surface area contributed by atoms with Gasteiger partial charge in [-0.3, -0.25) is 14.2 Å². The quantitative estimate of drug-likeness (QED) is 0.622. The van der Waals surface area contributed by atoms with Crippen LogP contribution in [0.15, 0.2) is 12.4 Å². The van der Waals surface area contributed by atoms with Crippen LogP contribution >= 0.6 is 0 Å². The van der Waals surface area contributed by atoms with Gasteiger partial charge in [-0.1, -0.05) is 0 Å². The van der Waals surface area contributed by atoms with Crippen molar-refractivity contribution in [3.63, 3.8) is 0 Å². The lowest BCUT2D eigenvalue weighted by Gasteiger charge is -2.28. The Kier molecular flexibility index (Phi) is 4.67. The highest BCUT2D eigenvalue weighted by atomic mass is 16.2. The van der Waals surface area contributed by atoms with Crippen LogP contribution in [0.3, 0.4) is 0 Å². The third kappa shape index (κ3) is 3.53. The first-order chi connectivity index (χ1) is 14.5. The summed E-state index contributed by atoms with van der Waals surface area (Å²) in [5.41, 5.74) is 5.23. The highest BCUT2D eigenvalue weighted by molar-refractivity contribution is 5.77. The minimum atomic E-state index is 0.155. The normalized spacial score (nSPS) is 16.2. The second-order valence-corrected chi connectivity index (χ2v) is 8.61. The Morgan fingerprint density at radius 3 is 2.80 bits per heavy atom. The van der Waals surface area contributed by atoms with E-state index in [1.165, 1.54) is 18.5 Å². The first-order valence-electron chi connectivity index (χ1n) is 10.7. The fourth-order valence-corrected chi connectivity index (χ4v) is 4.40. The summed E-state index contributed by atoms with van der Waals surface area (Å²) in [4.78, 5) is 14.9.